The monoisotopic (exact) mass is 408 g/mol. The molecular formula is C18H15F3N4O4. The highest BCUT2D eigenvalue weighted by atomic mass is 19.4. The summed E-state index contributed by atoms with van der Waals surface area (Å²) in [4.78, 5) is 33.4. The molecule has 0 heterocycles. The minimum absolute atomic E-state index is 0.0864. The lowest BCUT2D eigenvalue weighted by Crippen LogP contribution is -2.29. The van der Waals surface area contributed by atoms with Gasteiger partial charge in [-0.3, -0.25) is 19.7 Å². The second-order valence-electron chi connectivity index (χ2n) is 5.93. The summed E-state index contributed by atoms with van der Waals surface area (Å²) in [5, 5.41) is 16.4. The lowest BCUT2D eigenvalue weighted by atomic mass is 10.1. The molecule has 2 amide bonds. The van der Waals surface area contributed by atoms with E-state index in [1.165, 1.54) is 56.3 Å². The molecule has 8 nitrogen and oxygen atoms in total. The van der Waals surface area contributed by atoms with Crippen LogP contribution in [0, 0.1) is 17.0 Å². The van der Waals surface area contributed by atoms with Crippen molar-refractivity contribution in [3.63, 3.8) is 0 Å². The highest BCUT2D eigenvalue weighted by Crippen LogP contribution is 2.20. The molecule has 0 spiro atoms. The van der Waals surface area contributed by atoms with Gasteiger partial charge in [0.05, 0.1) is 10.6 Å². The summed E-state index contributed by atoms with van der Waals surface area (Å²) in [6, 6.07) is 9.31. The Morgan fingerprint density at radius 2 is 1.79 bits per heavy atom. The number of nitro benzene ring substituents is 1. The van der Waals surface area contributed by atoms with Gasteiger partial charge in [0.1, 0.15) is 0 Å². The number of anilines is 1. The lowest BCUT2D eigenvalue weighted by molar-refractivity contribution is -0.385. The number of amides is 2. The number of aryl methyl sites for hydroxylation is 1. The average molecular weight is 408 g/mol. The van der Waals surface area contributed by atoms with Gasteiger partial charge in [0.25, 0.3) is 11.6 Å². The topological polar surface area (TPSA) is 114 Å². The van der Waals surface area contributed by atoms with Crippen LogP contribution in [-0.2, 0) is 4.79 Å². The molecular weight excluding hydrogens is 393 g/mol. The Labute approximate surface area is 162 Å². The molecule has 0 unspecified atom stereocenters. The highest BCUT2D eigenvalue weighted by Gasteiger charge is 2.38. The second kappa shape index (κ2) is 8.50. The predicted molar refractivity (Wildman–Crippen MR) is 98.6 cm³/mol. The molecule has 0 fully saturated rings. The Balaban J connectivity index is 2.12. The predicted octanol–water partition coefficient (Wildman–Crippen LogP) is 3.56. The van der Waals surface area contributed by atoms with Crippen LogP contribution in [0.3, 0.4) is 0 Å². The number of alkyl halides is 3. The van der Waals surface area contributed by atoms with Gasteiger partial charge in [-0.1, -0.05) is 12.1 Å². The molecule has 152 valence electrons. The zero-order valence-corrected chi connectivity index (χ0v) is 15.2. The van der Waals surface area contributed by atoms with Crippen molar-refractivity contribution in [2.75, 3.05) is 5.32 Å². The first-order chi connectivity index (χ1) is 13.5. The Bertz CT molecular complexity index is 1000. The maximum Gasteiger partial charge on any atom is 0.471 e. The summed E-state index contributed by atoms with van der Waals surface area (Å²) >= 11 is 0. The smallest absolute Gasteiger partial charge is 0.318 e. The molecule has 2 N–H and O–H groups in total. The quantitative estimate of drug-likeness (QED) is 0.447. The number of carbonyl (C=O) groups excluding carboxylic acids is 2. The highest BCUT2D eigenvalue weighted by molar-refractivity contribution is 6.02. The van der Waals surface area contributed by atoms with Crippen molar-refractivity contribution in [3.8, 4) is 0 Å². The fourth-order valence-electron chi connectivity index (χ4n) is 2.29. The normalized spacial score (nSPS) is 11.7. The Morgan fingerprint density at radius 1 is 1.10 bits per heavy atom. The summed E-state index contributed by atoms with van der Waals surface area (Å²) < 4.78 is 37.0. The van der Waals surface area contributed by atoms with Crippen molar-refractivity contribution < 1.29 is 27.7 Å². The Kier molecular flexibility index (Phi) is 6.32. The molecule has 2 aromatic carbocycles. The number of rotatable bonds is 5. The number of nitrogens with zero attached hydrogens (tertiary/aromatic N) is 2. The molecule has 0 bridgehead atoms. The molecule has 2 rings (SSSR count). The first-order valence-corrected chi connectivity index (χ1v) is 8.07. The fourth-order valence-corrected chi connectivity index (χ4v) is 2.29. The summed E-state index contributed by atoms with van der Waals surface area (Å²) in [5.74, 6) is -2.73. The van der Waals surface area contributed by atoms with Crippen LogP contribution < -0.4 is 10.7 Å². The lowest BCUT2D eigenvalue weighted by Gasteiger charge is -2.09. The number of hydrogen-bond donors (Lipinski definition) is 2. The molecule has 0 aliphatic carbocycles. The van der Waals surface area contributed by atoms with Crippen LogP contribution in [0.2, 0.25) is 0 Å². The van der Waals surface area contributed by atoms with Gasteiger partial charge in [-0.15, -0.1) is 0 Å². The van der Waals surface area contributed by atoms with Gasteiger partial charge >= 0.3 is 12.1 Å². The van der Waals surface area contributed by atoms with Crippen molar-refractivity contribution in [2.45, 2.75) is 20.0 Å². The van der Waals surface area contributed by atoms with Gasteiger partial charge in [0.15, 0.2) is 0 Å². The standard InChI is InChI=1S/C18H15F3N4O4/c1-10-8-13(6-7-15(10)25(28)29)16(26)24-23-11(2)12-4-3-5-14(9-12)22-17(27)18(19,20)21/h3-9H,1-2H3,(H,22,27)(H,24,26)/b23-11-. The minimum Gasteiger partial charge on any atom is -0.318 e. The van der Waals surface area contributed by atoms with Crippen LogP contribution in [0.25, 0.3) is 0 Å². The number of nitrogens with one attached hydrogen (secondary N) is 2. The van der Waals surface area contributed by atoms with E-state index in [1.807, 2.05) is 0 Å². The van der Waals surface area contributed by atoms with E-state index in [-0.39, 0.29) is 22.6 Å². The molecule has 0 aromatic heterocycles. The van der Waals surface area contributed by atoms with Gasteiger partial charge in [0, 0.05) is 22.9 Å². The number of benzene rings is 2. The van der Waals surface area contributed by atoms with Crippen LogP contribution in [0.1, 0.15) is 28.4 Å². The van der Waals surface area contributed by atoms with E-state index in [1.54, 1.807) is 5.32 Å². The van der Waals surface area contributed by atoms with Gasteiger partial charge in [0.2, 0.25) is 0 Å². The molecule has 2 aromatic rings. The average Bonchev–Trinajstić information content (AvgIpc) is 2.64. The summed E-state index contributed by atoms with van der Waals surface area (Å²) in [6.45, 7) is 3.00. The van der Waals surface area contributed by atoms with Gasteiger partial charge in [-0.05, 0) is 43.7 Å². The minimum atomic E-state index is -5.02. The number of hydrazone groups is 1. The molecule has 11 heteroatoms. The maximum atomic E-state index is 12.3. The summed E-state index contributed by atoms with van der Waals surface area (Å²) in [6.07, 6.45) is -5.02. The van der Waals surface area contributed by atoms with Crippen LogP contribution >= 0.6 is 0 Å². The number of carbonyl (C=O) groups is 2. The van der Waals surface area contributed by atoms with E-state index >= 15 is 0 Å². The van der Waals surface area contributed by atoms with Crippen molar-refractivity contribution in [1.82, 2.24) is 5.43 Å². The van der Waals surface area contributed by atoms with E-state index in [0.717, 1.165) is 0 Å². The van der Waals surface area contributed by atoms with Crippen LogP contribution in [0.4, 0.5) is 24.5 Å². The van der Waals surface area contributed by atoms with Crippen molar-refractivity contribution >= 4 is 28.9 Å². The third kappa shape index (κ3) is 5.61. The van der Waals surface area contributed by atoms with E-state index in [2.05, 4.69) is 10.5 Å². The van der Waals surface area contributed by atoms with Crippen molar-refractivity contribution in [1.29, 1.82) is 0 Å². The zero-order chi connectivity index (χ0) is 21.8. The molecule has 0 aliphatic heterocycles. The number of nitro groups is 1. The fraction of sp³-hybridized carbons (Fsp3) is 0.167. The van der Waals surface area contributed by atoms with Crippen LogP contribution in [-0.4, -0.2) is 28.6 Å². The van der Waals surface area contributed by atoms with Crippen LogP contribution in [0.15, 0.2) is 47.6 Å². The van der Waals surface area contributed by atoms with Crippen LogP contribution in [0.5, 0.6) is 0 Å². The molecule has 0 saturated carbocycles. The Hall–Kier alpha value is -3.76. The van der Waals surface area contributed by atoms with Gasteiger partial charge in [-0.2, -0.15) is 18.3 Å². The maximum absolute atomic E-state index is 12.3. The largest absolute Gasteiger partial charge is 0.471 e. The molecule has 0 aliphatic rings. The van der Waals surface area contributed by atoms with E-state index in [0.29, 0.717) is 11.1 Å². The van der Waals surface area contributed by atoms with E-state index in [4.69, 9.17) is 0 Å². The third-order valence-electron chi connectivity index (χ3n) is 3.78. The SMILES string of the molecule is C/C(=N/NC(=O)c1ccc([N+](=O)[O-])c(C)c1)c1cccc(NC(=O)C(F)(F)F)c1. The van der Waals surface area contributed by atoms with Gasteiger partial charge in [-0.25, -0.2) is 5.43 Å². The first-order valence-electron chi connectivity index (χ1n) is 8.07. The molecule has 0 atom stereocenters. The van der Waals surface area contributed by atoms with Crippen molar-refractivity contribution in [3.05, 3.63) is 69.3 Å². The second-order valence-corrected chi connectivity index (χ2v) is 5.93. The molecule has 0 saturated heterocycles. The number of halogens is 3. The number of hydrogen-bond acceptors (Lipinski definition) is 5. The first kappa shape index (κ1) is 21.5. The zero-order valence-electron chi connectivity index (χ0n) is 15.2. The van der Waals surface area contributed by atoms with E-state index in [9.17, 15) is 32.9 Å². The Morgan fingerprint density at radius 3 is 2.38 bits per heavy atom. The summed E-state index contributed by atoms with van der Waals surface area (Å²) in [5.41, 5.74) is 3.14. The summed E-state index contributed by atoms with van der Waals surface area (Å²) in [7, 11) is 0. The molecule has 0 radical (unpaired) electrons. The van der Waals surface area contributed by atoms with E-state index < -0.39 is 22.9 Å². The van der Waals surface area contributed by atoms with Crippen molar-refractivity contribution in [2.24, 2.45) is 5.10 Å². The third-order valence-corrected chi connectivity index (χ3v) is 3.78. The molecule has 29 heavy (non-hydrogen) atoms. The van der Waals surface area contributed by atoms with Gasteiger partial charge < -0.3 is 5.32 Å².